The van der Waals surface area contributed by atoms with Gasteiger partial charge in [0.05, 0.1) is 10.5 Å². The maximum absolute atomic E-state index is 12.1. The molecule has 0 unspecified atom stereocenters. The van der Waals surface area contributed by atoms with Crippen molar-refractivity contribution in [3.8, 4) is 0 Å². The summed E-state index contributed by atoms with van der Waals surface area (Å²) in [5.41, 5.74) is 1.23. The summed E-state index contributed by atoms with van der Waals surface area (Å²) in [6, 6.07) is 12.7. The fraction of sp³-hybridized carbons (Fsp3) is 0.0588. The van der Waals surface area contributed by atoms with Crippen LogP contribution in [-0.2, 0) is 9.53 Å². The van der Waals surface area contributed by atoms with Crippen molar-refractivity contribution < 1.29 is 19.2 Å². The number of nitrogens with one attached hydrogen (secondary N) is 2. The second-order valence-corrected chi connectivity index (χ2v) is 5.18. The topological polar surface area (TPSA) is 114 Å². The predicted molar refractivity (Wildman–Crippen MR) is 90.3 cm³/mol. The summed E-state index contributed by atoms with van der Waals surface area (Å²) in [7, 11) is 0. The molecular weight excluding hydrogens is 326 g/mol. The molecule has 0 bridgehead atoms. The quantitative estimate of drug-likeness (QED) is 0.421. The highest BCUT2D eigenvalue weighted by molar-refractivity contribution is 6.05. The van der Waals surface area contributed by atoms with Gasteiger partial charge in [0, 0.05) is 34.9 Å². The van der Waals surface area contributed by atoms with Gasteiger partial charge in [0.25, 0.3) is 11.6 Å². The lowest BCUT2D eigenvalue weighted by Gasteiger charge is -2.06. The Morgan fingerprint density at radius 2 is 1.96 bits per heavy atom. The molecule has 0 radical (unpaired) electrons. The van der Waals surface area contributed by atoms with E-state index in [0.717, 1.165) is 5.52 Å². The van der Waals surface area contributed by atoms with Crippen molar-refractivity contribution in [3.05, 3.63) is 70.4 Å². The SMILES string of the molecule is O=C(COC(=O)c1c[nH]c2ccccc12)Nc1cccc([N+](=O)[O-])c1. The summed E-state index contributed by atoms with van der Waals surface area (Å²) in [5.74, 6) is -1.22. The van der Waals surface area contributed by atoms with Crippen LogP contribution in [0.1, 0.15) is 10.4 Å². The van der Waals surface area contributed by atoms with Gasteiger partial charge < -0.3 is 15.0 Å². The number of benzene rings is 2. The van der Waals surface area contributed by atoms with Gasteiger partial charge in [0.15, 0.2) is 6.61 Å². The van der Waals surface area contributed by atoms with E-state index in [1.165, 1.54) is 30.5 Å². The number of aromatic nitrogens is 1. The number of hydrogen-bond donors (Lipinski definition) is 2. The van der Waals surface area contributed by atoms with Crippen molar-refractivity contribution in [2.45, 2.75) is 0 Å². The van der Waals surface area contributed by atoms with Crippen LogP contribution in [-0.4, -0.2) is 28.4 Å². The number of carbonyl (C=O) groups excluding carboxylic acids is 2. The predicted octanol–water partition coefficient (Wildman–Crippen LogP) is 2.87. The molecule has 0 aliphatic carbocycles. The third kappa shape index (κ3) is 3.63. The molecule has 8 nitrogen and oxygen atoms in total. The Balaban J connectivity index is 1.61. The Kier molecular flexibility index (Phi) is 4.42. The van der Waals surface area contributed by atoms with Crippen LogP contribution in [0.2, 0.25) is 0 Å². The molecule has 0 aliphatic rings. The van der Waals surface area contributed by atoms with Crippen LogP contribution in [0.4, 0.5) is 11.4 Å². The van der Waals surface area contributed by atoms with Crippen LogP contribution < -0.4 is 5.32 Å². The smallest absolute Gasteiger partial charge is 0.340 e. The van der Waals surface area contributed by atoms with Gasteiger partial charge in [-0.25, -0.2) is 4.79 Å². The monoisotopic (exact) mass is 339 g/mol. The first-order chi connectivity index (χ1) is 12.0. The third-order valence-electron chi connectivity index (χ3n) is 3.48. The maximum atomic E-state index is 12.1. The molecule has 3 aromatic rings. The first-order valence-corrected chi connectivity index (χ1v) is 7.32. The highest BCUT2D eigenvalue weighted by Crippen LogP contribution is 2.19. The zero-order valence-electron chi connectivity index (χ0n) is 12.9. The molecule has 8 heteroatoms. The molecule has 126 valence electrons. The standard InChI is InChI=1S/C17H13N3O5/c21-16(19-11-4-3-5-12(8-11)20(23)24)10-25-17(22)14-9-18-15-7-2-1-6-13(14)15/h1-9,18H,10H2,(H,19,21). The van der Waals surface area contributed by atoms with Crippen LogP contribution in [0, 0.1) is 10.1 Å². The van der Waals surface area contributed by atoms with Gasteiger partial charge in [-0.3, -0.25) is 14.9 Å². The van der Waals surface area contributed by atoms with Gasteiger partial charge in [-0.15, -0.1) is 0 Å². The summed E-state index contributed by atoms with van der Waals surface area (Å²) in [6.45, 7) is -0.499. The van der Waals surface area contributed by atoms with E-state index < -0.39 is 23.4 Å². The van der Waals surface area contributed by atoms with Gasteiger partial charge in [0.1, 0.15) is 0 Å². The minimum Gasteiger partial charge on any atom is -0.452 e. The second kappa shape index (κ2) is 6.83. The number of carbonyl (C=O) groups is 2. The fourth-order valence-corrected chi connectivity index (χ4v) is 2.34. The number of nitrogens with zero attached hydrogens (tertiary/aromatic N) is 1. The molecule has 2 aromatic carbocycles. The van der Waals surface area contributed by atoms with Crippen molar-refractivity contribution in [2.75, 3.05) is 11.9 Å². The molecule has 0 fully saturated rings. The zero-order valence-corrected chi connectivity index (χ0v) is 12.9. The molecule has 0 atom stereocenters. The fourth-order valence-electron chi connectivity index (χ4n) is 2.34. The zero-order chi connectivity index (χ0) is 17.8. The summed E-state index contributed by atoms with van der Waals surface area (Å²) >= 11 is 0. The number of esters is 1. The van der Waals surface area contributed by atoms with Gasteiger partial charge in [-0.2, -0.15) is 0 Å². The Labute approximate surface area is 141 Å². The minimum absolute atomic E-state index is 0.145. The number of non-ortho nitro benzene ring substituents is 1. The van der Waals surface area contributed by atoms with E-state index in [9.17, 15) is 19.7 Å². The van der Waals surface area contributed by atoms with Crippen molar-refractivity contribution in [1.82, 2.24) is 4.98 Å². The van der Waals surface area contributed by atoms with Crippen LogP contribution in [0.15, 0.2) is 54.7 Å². The van der Waals surface area contributed by atoms with Gasteiger partial charge in [-0.1, -0.05) is 24.3 Å². The van der Waals surface area contributed by atoms with E-state index in [2.05, 4.69) is 10.3 Å². The molecule has 3 rings (SSSR count). The maximum Gasteiger partial charge on any atom is 0.340 e. The third-order valence-corrected chi connectivity index (χ3v) is 3.48. The Morgan fingerprint density at radius 1 is 1.16 bits per heavy atom. The van der Waals surface area contributed by atoms with Gasteiger partial charge >= 0.3 is 5.97 Å². The number of anilines is 1. The first-order valence-electron chi connectivity index (χ1n) is 7.32. The average Bonchev–Trinajstić information content (AvgIpc) is 3.04. The lowest BCUT2D eigenvalue weighted by atomic mass is 10.2. The number of aromatic amines is 1. The summed E-state index contributed by atoms with van der Waals surface area (Å²) < 4.78 is 5.00. The average molecular weight is 339 g/mol. The van der Waals surface area contributed by atoms with E-state index in [0.29, 0.717) is 10.9 Å². The Hall–Kier alpha value is -3.68. The van der Waals surface area contributed by atoms with E-state index in [4.69, 9.17) is 4.74 Å². The van der Waals surface area contributed by atoms with Crippen molar-refractivity contribution >= 4 is 34.2 Å². The van der Waals surface area contributed by atoms with E-state index in [1.54, 1.807) is 12.1 Å². The lowest BCUT2D eigenvalue weighted by Crippen LogP contribution is -2.20. The van der Waals surface area contributed by atoms with Crippen LogP contribution >= 0.6 is 0 Å². The van der Waals surface area contributed by atoms with E-state index in [-0.39, 0.29) is 11.4 Å². The summed E-state index contributed by atoms with van der Waals surface area (Å²) in [5, 5.41) is 13.9. The lowest BCUT2D eigenvalue weighted by molar-refractivity contribution is -0.384. The van der Waals surface area contributed by atoms with Crippen LogP contribution in [0.3, 0.4) is 0 Å². The van der Waals surface area contributed by atoms with E-state index in [1.807, 2.05) is 12.1 Å². The first kappa shape index (κ1) is 16.2. The van der Waals surface area contributed by atoms with Gasteiger partial charge in [-0.05, 0) is 12.1 Å². The van der Waals surface area contributed by atoms with Crippen LogP contribution in [0.25, 0.3) is 10.9 Å². The minimum atomic E-state index is -0.633. The van der Waals surface area contributed by atoms with Gasteiger partial charge in [0.2, 0.25) is 0 Å². The largest absolute Gasteiger partial charge is 0.452 e. The molecule has 1 aromatic heterocycles. The molecule has 1 heterocycles. The molecule has 0 spiro atoms. The van der Waals surface area contributed by atoms with Crippen molar-refractivity contribution in [2.24, 2.45) is 0 Å². The molecule has 0 saturated heterocycles. The number of nitro benzene ring substituents is 1. The molecule has 1 amide bonds. The number of para-hydroxylation sites is 1. The van der Waals surface area contributed by atoms with Crippen LogP contribution in [0.5, 0.6) is 0 Å². The molecule has 0 saturated carbocycles. The van der Waals surface area contributed by atoms with Crippen molar-refractivity contribution in [3.63, 3.8) is 0 Å². The highest BCUT2D eigenvalue weighted by Gasteiger charge is 2.15. The highest BCUT2D eigenvalue weighted by atomic mass is 16.6. The number of nitro groups is 1. The van der Waals surface area contributed by atoms with E-state index >= 15 is 0 Å². The number of hydrogen-bond acceptors (Lipinski definition) is 5. The normalized spacial score (nSPS) is 10.4. The molecule has 0 aliphatic heterocycles. The Bertz CT molecular complexity index is 964. The number of ether oxygens (including phenoxy) is 1. The molecular formula is C17H13N3O5. The summed E-state index contributed by atoms with van der Waals surface area (Å²) in [4.78, 5) is 37.1. The molecule has 25 heavy (non-hydrogen) atoms. The Morgan fingerprint density at radius 3 is 2.76 bits per heavy atom. The summed E-state index contributed by atoms with van der Waals surface area (Å²) in [6.07, 6.45) is 1.52. The second-order valence-electron chi connectivity index (χ2n) is 5.18. The molecule has 2 N–H and O–H groups in total. The number of rotatable bonds is 5. The number of H-pyrrole nitrogens is 1. The number of fused-ring (bicyclic) bond motifs is 1. The number of amides is 1. The van der Waals surface area contributed by atoms with Crippen molar-refractivity contribution in [1.29, 1.82) is 0 Å².